The van der Waals surface area contributed by atoms with Crippen molar-refractivity contribution >= 4 is 5.91 Å². The number of aromatic nitrogens is 3. The van der Waals surface area contributed by atoms with E-state index in [9.17, 15) is 4.79 Å². The Balaban J connectivity index is 1.37. The van der Waals surface area contributed by atoms with Gasteiger partial charge in [0.05, 0.1) is 12.6 Å². The Hall–Kier alpha value is -3.03. The Kier molecular flexibility index (Phi) is 7.52. The zero-order valence-electron chi connectivity index (χ0n) is 19.8. The average Bonchev–Trinajstić information content (AvgIpc) is 3.13. The van der Waals surface area contributed by atoms with E-state index in [1.165, 1.54) is 22.3 Å². The van der Waals surface area contributed by atoms with Gasteiger partial charge in [0.1, 0.15) is 5.82 Å². The van der Waals surface area contributed by atoms with E-state index in [1.54, 1.807) is 7.11 Å². The van der Waals surface area contributed by atoms with Crippen LogP contribution in [0.1, 0.15) is 42.2 Å². The first-order chi connectivity index (χ1) is 16.0. The summed E-state index contributed by atoms with van der Waals surface area (Å²) in [5.41, 5.74) is 5.14. The number of carbonyl (C=O) groups is 1. The van der Waals surface area contributed by atoms with Crippen LogP contribution in [0, 0.1) is 6.92 Å². The van der Waals surface area contributed by atoms with Crippen LogP contribution in [0.4, 0.5) is 0 Å². The monoisotopic (exact) mass is 447 g/mol. The van der Waals surface area contributed by atoms with Crippen molar-refractivity contribution in [3.63, 3.8) is 0 Å². The van der Waals surface area contributed by atoms with Crippen molar-refractivity contribution in [1.82, 2.24) is 25.0 Å². The number of rotatable bonds is 8. The minimum absolute atomic E-state index is 0.0360. The molecule has 0 unspecified atom stereocenters. The molecule has 1 aliphatic heterocycles. The van der Waals surface area contributed by atoms with Crippen LogP contribution in [0.3, 0.4) is 0 Å². The Labute approximate surface area is 195 Å². The minimum atomic E-state index is -0.184. The molecule has 0 spiro atoms. The zero-order valence-corrected chi connectivity index (χ0v) is 19.8. The van der Waals surface area contributed by atoms with Crippen molar-refractivity contribution in [2.75, 3.05) is 26.8 Å². The third-order valence-electron chi connectivity index (χ3n) is 6.26. The molecule has 1 atom stereocenters. The van der Waals surface area contributed by atoms with Crippen LogP contribution in [0.25, 0.3) is 11.1 Å². The molecule has 4 rings (SSSR count). The second-order valence-corrected chi connectivity index (χ2v) is 8.70. The van der Waals surface area contributed by atoms with Gasteiger partial charge in [-0.3, -0.25) is 9.69 Å². The molecule has 2 aromatic carbocycles. The summed E-state index contributed by atoms with van der Waals surface area (Å²) < 4.78 is 7.16. The standard InChI is InChI=1S/C26H33N5O2/c1-19-6-4-5-7-23(19)22-10-8-21(9-11-22)18-30-14-12-24-28-29-26(31(24)16-15-30)20(2)27-25(32)13-17-33-3/h4-11,20H,12-18H2,1-3H3,(H,27,32)/t20-/m1/s1. The van der Waals surface area contributed by atoms with Gasteiger partial charge >= 0.3 is 0 Å². The van der Waals surface area contributed by atoms with E-state index < -0.39 is 0 Å². The fourth-order valence-electron chi connectivity index (χ4n) is 4.39. The predicted molar refractivity (Wildman–Crippen MR) is 129 cm³/mol. The molecule has 174 valence electrons. The lowest BCUT2D eigenvalue weighted by molar-refractivity contribution is -0.122. The number of hydrogen-bond acceptors (Lipinski definition) is 5. The number of ether oxygens (including phenoxy) is 1. The van der Waals surface area contributed by atoms with Gasteiger partial charge in [-0.1, -0.05) is 48.5 Å². The van der Waals surface area contributed by atoms with Gasteiger partial charge in [-0.2, -0.15) is 0 Å². The van der Waals surface area contributed by atoms with Gasteiger partial charge in [-0.15, -0.1) is 10.2 Å². The van der Waals surface area contributed by atoms with Crippen LogP contribution in [-0.2, 0) is 29.0 Å². The highest BCUT2D eigenvalue weighted by molar-refractivity contribution is 5.76. The summed E-state index contributed by atoms with van der Waals surface area (Å²) in [7, 11) is 1.60. The molecule has 1 amide bonds. The molecular weight excluding hydrogens is 414 g/mol. The predicted octanol–water partition coefficient (Wildman–Crippen LogP) is 3.53. The number of carbonyl (C=O) groups excluding carboxylic acids is 1. The summed E-state index contributed by atoms with van der Waals surface area (Å²) in [6.07, 6.45) is 1.19. The van der Waals surface area contributed by atoms with Crippen LogP contribution >= 0.6 is 0 Å². The Morgan fingerprint density at radius 1 is 1.09 bits per heavy atom. The number of nitrogens with one attached hydrogen (secondary N) is 1. The van der Waals surface area contributed by atoms with E-state index in [4.69, 9.17) is 4.74 Å². The van der Waals surface area contributed by atoms with Crippen molar-refractivity contribution in [2.24, 2.45) is 0 Å². The van der Waals surface area contributed by atoms with Gasteiger partial charge in [0, 0.05) is 46.1 Å². The number of methoxy groups -OCH3 is 1. The molecule has 0 saturated carbocycles. The molecule has 0 saturated heterocycles. The van der Waals surface area contributed by atoms with E-state index in [0.717, 1.165) is 44.2 Å². The summed E-state index contributed by atoms with van der Waals surface area (Å²) in [6.45, 7) is 8.10. The third kappa shape index (κ3) is 5.67. The second kappa shape index (κ2) is 10.7. The Bertz CT molecular complexity index is 1080. The summed E-state index contributed by atoms with van der Waals surface area (Å²) in [5, 5.41) is 11.8. The van der Waals surface area contributed by atoms with Gasteiger partial charge < -0.3 is 14.6 Å². The highest BCUT2D eigenvalue weighted by Crippen LogP contribution is 2.24. The Morgan fingerprint density at radius 2 is 1.88 bits per heavy atom. The topological polar surface area (TPSA) is 72.3 Å². The molecule has 7 nitrogen and oxygen atoms in total. The Morgan fingerprint density at radius 3 is 2.64 bits per heavy atom. The summed E-state index contributed by atoms with van der Waals surface area (Å²) in [6, 6.07) is 17.2. The molecule has 1 aromatic heterocycles. The number of hydrogen-bond donors (Lipinski definition) is 1. The molecular formula is C26H33N5O2. The largest absolute Gasteiger partial charge is 0.384 e. The lowest BCUT2D eigenvalue weighted by atomic mass is 9.99. The molecule has 0 aliphatic carbocycles. The van der Waals surface area contributed by atoms with Crippen LogP contribution in [0.15, 0.2) is 48.5 Å². The molecule has 1 N–H and O–H groups in total. The summed E-state index contributed by atoms with van der Waals surface area (Å²) in [4.78, 5) is 14.5. The highest BCUT2D eigenvalue weighted by Gasteiger charge is 2.22. The van der Waals surface area contributed by atoms with Gasteiger partial charge in [-0.25, -0.2) is 0 Å². The van der Waals surface area contributed by atoms with Crippen molar-refractivity contribution in [2.45, 2.75) is 45.8 Å². The number of benzene rings is 2. The molecule has 0 fully saturated rings. The minimum Gasteiger partial charge on any atom is -0.384 e. The molecule has 33 heavy (non-hydrogen) atoms. The molecule has 2 heterocycles. The van der Waals surface area contributed by atoms with Crippen LogP contribution < -0.4 is 5.32 Å². The lowest BCUT2D eigenvalue weighted by Crippen LogP contribution is -2.30. The number of fused-ring (bicyclic) bond motifs is 1. The van der Waals surface area contributed by atoms with Gasteiger partial charge in [-0.05, 0) is 36.1 Å². The van der Waals surface area contributed by atoms with Crippen LogP contribution in [0.2, 0.25) is 0 Å². The second-order valence-electron chi connectivity index (χ2n) is 8.70. The third-order valence-corrected chi connectivity index (χ3v) is 6.26. The van der Waals surface area contributed by atoms with Crippen molar-refractivity contribution in [3.05, 3.63) is 71.3 Å². The number of aryl methyl sites for hydroxylation is 1. The fraction of sp³-hybridized carbons (Fsp3) is 0.423. The van der Waals surface area contributed by atoms with E-state index in [-0.39, 0.29) is 11.9 Å². The average molecular weight is 448 g/mol. The summed E-state index contributed by atoms with van der Waals surface area (Å²) in [5.74, 6) is 1.77. The van der Waals surface area contributed by atoms with E-state index >= 15 is 0 Å². The van der Waals surface area contributed by atoms with Crippen molar-refractivity contribution < 1.29 is 9.53 Å². The molecule has 3 aromatic rings. The van der Waals surface area contributed by atoms with E-state index in [1.807, 2.05) is 6.92 Å². The van der Waals surface area contributed by atoms with Gasteiger partial charge in [0.2, 0.25) is 5.91 Å². The quantitative estimate of drug-likeness (QED) is 0.572. The molecule has 7 heteroatoms. The molecule has 0 bridgehead atoms. The maximum absolute atomic E-state index is 12.1. The van der Waals surface area contributed by atoms with Crippen molar-refractivity contribution in [3.8, 4) is 11.1 Å². The summed E-state index contributed by atoms with van der Waals surface area (Å²) >= 11 is 0. The normalized spacial score (nSPS) is 15.0. The van der Waals surface area contributed by atoms with Gasteiger partial charge in [0.15, 0.2) is 5.82 Å². The lowest BCUT2D eigenvalue weighted by Gasteiger charge is -2.20. The smallest absolute Gasteiger partial charge is 0.222 e. The molecule has 0 radical (unpaired) electrons. The maximum atomic E-state index is 12.1. The number of nitrogens with zero attached hydrogens (tertiary/aromatic N) is 4. The van der Waals surface area contributed by atoms with Crippen LogP contribution in [0.5, 0.6) is 0 Å². The van der Waals surface area contributed by atoms with Crippen molar-refractivity contribution in [1.29, 1.82) is 0 Å². The first kappa shape index (κ1) is 23.1. The first-order valence-electron chi connectivity index (χ1n) is 11.6. The molecule has 1 aliphatic rings. The van der Waals surface area contributed by atoms with Crippen LogP contribution in [-0.4, -0.2) is 52.4 Å². The van der Waals surface area contributed by atoms with Gasteiger partial charge in [0.25, 0.3) is 0 Å². The van der Waals surface area contributed by atoms with E-state index in [2.05, 4.69) is 80.4 Å². The maximum Gasteiger partial charge on any atom is 0.222 e. The fourth-order valence-corrected chi connectivity index (χ4v) is 4.39. The first-order valence-corrected chi connectivity index (χ1v) is 11.6. The van der Waals surface area contributed by atoms with E-state index in [0.29, 0.717) is 13.0 Å². The number of amides is 1. The zero-order chi connectivity index (χ0) is 23.2. The SMILES string of the molecule is COCCC(=O)N[C@H](C)c1nnc2n1CCN(Cc1ccc(-c3ccccc3C)cc1)CC2. The highest BCUT2D eigenvalue weighted by atomic mass is 16.5.